The van der Waals surface area contributed by atoms with Gasteiger partial charge in [-0.25, -0.2) is 4.39 Å². The molecule has 0 fully saturated rings. The molecule has 2 aromatic heterocycles. The molecule has 4 rings (SSSR count). The Kier molecular flexibility index (Phi) is 4.27. The van der Waals surface area contributed by atoms with Crippen molar-refractivity contribution in [3.05, 3.63) is 89.9 Å². The van der Waals surface area contributed by atoms with Gasteiger partial charge in [0.25, 0.3) is 0 Å². The molecule has 0 radical (unpaired) electrons. The second-order valence-corrected chi connectivity index (χ2v) is 6.04. The summed E-state index contributed by atoms with van der Waals surface area (Å²) in [5, 5.41) is 8.35. The number of rotatable bonds is 5. The molecule has 4 nitrogen and oxygen atoms in total. The van der Waals surface area contributed by atoms with E-state index in [0.29, 0.717) is 17.5 Å². The molecule has 0 bridgehead atoms. The highest BCUT2D eigenvalue weighted by atomic mass is 19.1. The number of benzene rings is 2. The predicted octanol–water partition coefficient (Wildman–Crippen LogP) is 4.35. The van der Waals surface area contributed by atoms with Gasteiger partial charge in [0.1, 0.15) is 5.82 Å². The van der Waals surface area contributed by atoms with Gasteiger partial charge in [0, 0.05) is 23.7 Å². The van der Waals surface area contributed by atoms with Crippen molar-refractivity contribution in [3.63, 3.8) is 0 Å². The molecule has 0 aliphatic carbocycles. The minimum absolute atomic E-state index is 0.00842. The first-order valence-electron chi connectivity index (χ1n) is 8.39. The van der Waals surface area contributed by atoms with Crippen molar-refractivity contribution in [1.82, 2.24) is 14.6 Å². The van der Waals surface area contributed by atoms with Crippen molar-refractivity contribution in [2.24, 2.45) is 0 Å². The summed E-state index contributed by atoms with van der Waals surface area (Å²) in [5.41, 5.74) is 2.83. The highest BCUT2D eigenvalue weighted by molar-refractivity contribution is 5.96. The number of ketones is 1. The predicted molar refractivity (Wildman–Crippen MR) is 97.5 cm³/mol. The van der Waals surface area contributed by atoms with Gasteiger partial charge in [0.05, 0.1) is 0 Å². The van der Waals surface area contributed by atoms with E-state index in [1.165, 1.54) is 6.07 Å². The summed E-state index contributed by atoms with van der Waals surface area (Å²) in [5.74, 6) is 0.450. The van der Waals surface area contributed by atoms with Gasteiger partial charge >= 0.3 is 0 Å². The summed E-state index contributed by atoms with van der Waals surface area (Å²) < 4.78 is 15.6. The molecule has 0 spiro atoms. The Hall–Kier alpha value is -3.34. The Balaban J connectivity index is 1.50. The number of hydrogen-bond acceptors (Lipinski definition) is 3. The zero-order valence-corrected chi connectivity index (χ0v) is 14.0. The summed E-state index contributed by atoms with van der Waals surface area (Å²) in [6, 6.07) is 19.5. The third-order valence-electron chi connectivity index (χ3n) is 4.36. The van der Waals surface area contributed by atoms with Gasteiger partial charge in [-0.2, -0.15) is 0 Å². The molecule has 0 aliphatic rings. The number of fused-ring (bicyclic) bond motifs is 1. The van der Waals surface area contributed by atoms with Crippen LogP contribution in [0.3, 0.4) is 0 Å². The van der Waals surface area contributed by atoms with E-state index < -0.39 is 0 Å². The number of Topliss-reactive ketones (excluding diaryl/α,β-unsaturated/α-hetero) is 1. The van der Waals surface area contributed by atoms with Crippen molar-refractivity contribution in [3.8, 4) is 11.4 Å². The second kappa shape index (κ2) is 6.88. The Morgan fingerprint density at radius 2 is 1.69 bits per heavy atom. The molecular formula is C21H16FN3O. The van der Waals surface area contributed by atoms with Gasteiger partial charge in [0.2, 0.25) is 0 Å². The first kappa shape index (κ1) is 16.1. The van der Waals surface area contributed by atoms with E-state index in [4.69, 9.17) is 0 Å². The minimum Gasteiger partial charge on any atom is -0.294 e. The summed E-state index contributed by atoms with van der Waals surface area (Å²) >= 11 is 0. The van der Waals surface area contributed by atoms with E-state index in [-0.39, 0.29) is 18.0 Å². The van der Waals surface area contributed by atoms with Crippen LogP contribution in [0.1, 0.15) is 22.3 Å². The third-order valence-corrected chi connectivity index (χ3v) is 4.36. The van der Waals surface area contributed by atoms with Crippen LogP contribution in [-0.4, -0.2) is 20.4 Å². The molecule has 4 aromatic rings. The fourth-order valence-electron chi connectivity index (χ4n) is 2.94. The standard InChI is InChI=1S/C21H16FN3O/c22-18-6-2-1-5-15(18)12-13-19(26)16-8-10-17(11-9-16)21-24-23-20-7-3-4-14-25(20)21/h1-11,14H,12-13H2. The third kappa shape index (κ3) is 3.11. The van der Waals surface area contributed by atoms with Crippen molar-refractivity contribution in [2.75, 3.05) is 0 Å². The van der Waals surface area contributed by atoms with E-state index in [1.807, 2.05) is 40.9 Å². The SMILES string of the molecule is O=C(CCc1ccccc1F)c1ccc(-c2nnc3ccccn23)cc1. The molecule has 2 heterocycles. The summed E-state index contributed by atoms with van der Waals surface area (Å²) in [6.07, 6.45) is 2.56. The van der Waals surface area contributed by atoms with Gasteiger partial charge in [-0.1, -0.05) is 48.5 Å². The van der Waals surface area contributed by atoms with Crippen LogP contribution in [0.25, 0.3) is 17.0 Å². The molecule has 0 atom stereocenters. The van der Waals surface area contributed by atoms with Crippen LogP contribution in [0, 0.1) is 5.82 Å². The van der Waals surface area contributed by atoms with Crippen LogP contribution in [0.4, 0.5) is 4.39 Å². The number of carbonyl (C=O) groups is 1. The summed E-state index contributed by atoms with van der Waals surface area (Å²) in [6.45, 7) is 0. The number of halogens is 1. The Labute approximate surface area is 149 Å². The topological polar surface area (TPSA) is 47.3 Å². The van der Waals surface area contributed by atoms with Gasteiger partial charge < -0.3 is 0 Å². The van der Waals surface area contributed by atoms with E-state index in [9.17, 15) is 9.18 Å². The molecule has 0 saturated heterocycles. The van der Waals surface area contributed by atoms with Gasteiger partial charge in [-0.3, -0.25) is 9.20 Å². The summed E-state index contributed by atoms with van der Waals surface area (Å²) in [7, 11) is 0. The van der Waals surface area contributed by atoms with Gasteiger partial charge in [0.15, 0.2) is 17.3 Å². The lowest BCUT2D eigenvalue weighted by atomic mass is 10.0. The smallest absolute Gasteiger partial charge is 0.168 e. The van der Waals surface area contributed by atoms with E-state index >= 15 is 0 Å². The molecule has 0 saturated carbocycles. The number of pyridine rings is 1. The van der Waals surface area contributed by atoms with Crippen molar-refractivity contribution >= 4 is 11.4 Å². The molecule has 0 amide bonds. The number of hydrogen-bond donors (Lipinski definition) is 0. The molecule has 26 heavy (non-hydrogen) atoms. The number of aromatic nitrogens is 3. The van der Waals surface area contributed by atoms with Gasteiger partial charge in [-0.05, 0) is 30.2 Å². The first-order valence-corrected chi connectivity index (χ1v) is 8.39. The quantitative estimate of drug-likeness (QED) is 0.505. The van der Waals surface area contributed by atoms with E-state index in [0.717, 1.165) is 17.0 Å². The molecule has 5 heteroatoms. The lowest BCUT2D eigenvalue weighted by molar-refractivity contribution is 0.0982. The normalized spacial score (nSPS) is 11.0. The fourth-order valence-corrected chi connectivity index (χ4v) is 2.94. The molecule has 0 N–H and O–H groups in total. The molecule has 0 aliphatic heterocycles. The highest BCUT2D eigenvalue weighted by Gasteiger charge is 2.11. The Bertz CT molecular complexity index is 1070. The molecule has 128 valence electrons. The van der Waals surface area contributed by atoms with Crippen LogP contribution < -0.4 is 0 Å². The van der Waals surface area contributed by atoms with Crippen molar-refractivity contribution in [2.45, 2.75) is 12.8 Å². The highest BCUT2D eigenvalue weighted by Crippen LogP contribution is 2.20. The van der Waals surface area contributed by atoms with Crippen molar-refractivity contribution in [1.29, 1.82) is 0 Å². The number of carbonyl (C=O) groups excluding carboxylic acids is 1. The largest absolute Gasteiger partial charge is 0.294 e. The van der Waals surface area contributed by atoms with E-state index in [2.05, 4.69) is 10.2 Å². The maximum Gasteiger partial charge on any atom is 0.168 e. The second-order valence-electron chi connectivity index (χ2n) is 6.04. The Morgan fingerprint density at radius 3 is 2.50 bits per heavy atom. The van der Waals surface area contributed by atoms with Crippen LogP contribution in [0.2, 0.25) is 0 Å². The number of aryl methyl sites for hydroxylation is 1. The summed E-state index contributed by atoms with van der Waals surface area (Å²) in [4.78, 5) is 12.4. The van der Waals surface area contributed by atoms with Crippen LogP contribution in [0.5, 0.6) is 0 Å². The first-order chi connectivity index (χ1) is 12.7. The van der Waals surface area contributed by atoms with Crippen LogP contribution in [-0.2, 0) is 6.42 Å². The van der Waals surface area contributed by atoms with Crippen LogP contribution >= 0.6 is 0 Å². The maximum atomic E-state index is 13.7. The van der Waals surface area contributed by atoms with Gasteiger partial charge in [-0.15, -0.1) is 10.2 Å². The van der Waals surface area contributed by atoms with E-state index in [1.54, 1.807) is 30.3 Å². The Morgan fingerprint density at radius 1 is 0.923 bits per heavy atom. The molecule has 0 unspecified atom stereocenters. The lowest BCUT2D eigenvalue weighted by Crippen LogP contribution is -2.02. The average Bonchev–Trinajstić information content (AvgIpc) is 3.11. The number of nitrogens with zero attached hydrogens (tertiary/aromatic N) is 3. The fraction of sp³-hybridized carbons (Fsp3) is 0.0952. The van der Waals surface area contributed by atoms with Crippen molar-refractivity contribution < 1.29 is 9.18 Å². The monoisotopic (exact) mass is 345 g/mol. The molecule has 2 aromatic carbocycles. The molecular weight excluding hydrogens is 329 g/mol. The minimum atomic E-state index is -0.269. The zero-order valence-electron chi connectivity index (χ0n) is 14.0. The zero-order chi connectivity index (χ0) is 17.9. The lowest BCUT2D eigenvalue weighted by Gasteiger charge is -2.05. The average molecular weight is 345 g/mol. The maximum absolute atomic E-state index is 13.7. The van der Waals surface area contributed by atoms with Crippen LogP contribution in [0.15, 0.2) is 72.9 Å².